The average molecular weight is 307 g/mol. The van der Waals surface area contributed by atoms with Crippen molar-refractivity contribution >= 4 is 5.91 Å². The van der Waals surface area contributed by atoms with Gasteiger partial charge in [-0.3, -0.25) is 4.79 Å². The summed E-state index contributed by atoms with van der Waals surface area (Å²) in [4.78, 5) is 16.6. The molecule has 1 atom stereocenters. The maximum atomic E-state index is 12.2. The summed E-state index contributed by atoms with van der Waals surface area (Å²) < 4.78 is 11.1. The Morgan fingerprint density at radius 1 is 1.32 bits per heavy atom. The molecule has 6 heteroatoms. The van der Waals surface area contributed by atoms with Gasteiger partial charge >= 0.3 is 0 Å². The highest BCUT2D eigenvalue weighted by atomic mass is 16.5. The summed E-state index contributed by atoms with van der Waals surface area (Å²) in [6.07, 6.45) is 8.63. The normalized spacial score (nSPS) is 20.8. The quantitative estimate of drug-likeness (QED) is 0.838. The molecule has 2 fully saturated rings. The largest absolute Gasteiger partial charge is 0.365 e. The maximum Gasteiger partial charge on any atom is 0.249 e. The summed E-state index contributed by atoms with van der Waals surface area (Å²) in [7, 11) is 0. The lowest BCUT2D eigenvalue weighted by Crippen LogP contribution is -2.38. The van der Waals surface area contributed by atoms with Crippen LogP contribution in [0.25, 0.3) is 0 Å². The van der Waals surface area contributed by atoms with Crippen LogP contribution >= 0.6 is 0 Å². The highest BCUT2D eigenvalue weighted by Gasteiger charge is 2.29. The molecule has 1 N–H and O–H groups in total. The molecule has 2 aliphatic carbocycles. The third kappa shape index (κ3) is 4.06. The Morgan fingerprint density at radius 3 is 2.77 bits per heavy atom. The van der Waals surface area contributed by atoms with E-state index in [1.54, 1.807) is 0 Å². The minimum Gasteiger partial charge on any atom is -0.365 e. The first-order valence-electron chi connectivity index (χ1n) is 8.52. The van der Waals surface area contributed by atoms with Gasteiger partial charge in [-0.2, -0.15) is 4.98 Å². The Labute approximate surface area is 131 Å². The molecule has 0 aromatic carbocycles. The molecule has 22 heavy (non-hydrogen) atoms. The van der Waals surface area contributed by atoms with Crippen molar-refractivity contribution in [1.82, 2.24) is 15.5 Å². The van der Waals surface area contributed by atoms with E-state index in [0.29, 0.717) is 18.2 Å². The van der Waals surface area contributed by atoms with Gasteiger partial charge in [0.15, 0.2) is 5.82 Å². The molecule has 2 aliphatic rings. The van der Waals surface area contributed by atoms with Gasteiger partial charge < -0.3 is 14.6 Å². The number of hydrogen-bond acceptors (Lipinski definition) is 5. The van der Waals surface area contributed by atoms with Crippen molar-refractivity contribution in [2.75, 3.05) is 0 Å². The van der Waals surface area contributed by atoms with Gasteiger partial charge in [0.25, 0.3) is 0 Å². The van der Waals surface area contributed by atoms with Crippen LogP contribution < -0.4 is 5.32 Å². The van der Waals surface area contributed by atoms with Crippen LogP contribution in [0.3, 0.4) is 0 Å². The van der Waals surface area contributed by atoms with Crippen LogP contribution in [0.4, 0.5) is 0 Å². The van der Waals surface area contributed by atoms with Gasteiger partial charge in [0.2, 0.25) is 11.8 Å². The Hall–Kier alpha value is -1.43. The zero-order valence-corrected chi connectivity index (χ0v) is 13.2. The lowest BCUT2D eigenvalue weighted by Gasteiger charge is -2.26. The van der Waals surface area contributed by atoms with E-state index in [2.05, 4.69) is 15.5 Å². The lowest BCUT2D eigenvalue weighted by molar-refractivity contribution is -0.138. The van der Waals surface area contributed by atoms with E-state index >= 15 is 0 Å². The van der Waals surface area contributed by atoms with E-state index in [9.17, 15) is 4.79 Å². The number of hydrogen-bond donors (Lipinski definition) is 1. The zero-order chi connectivity index (χ0) is 15.4. The number of carbonyl (C=O) groups is 1. The third-order valence-electron chi connectivity index (χ3n) is 4.41. The van der Waals surface area contributed by atoms with Crippen LogP contribution in [0.5, 0.6) is 0 Å². The maximum absolute atomic E-state index is 12.2. The Kier molecular flexibility index (Phi) is 5.08. The van der Waals surface area contributed by atoms with Crippen LogP contribution in [0.15, 0.2) is 4.52 Å². The van der Waals surface area contributed by atoms with Gasteiger partial charge in [0, 0.05) is 5.92 Å². The number of amides is 1. The molecule has 0 aliphatic heterocycles. The smallest absolute Gasteiger partial charge is 0.249 e. The van der Waals surface area contributed by atoms with E-state index in [4.69, 9.17) is 9.26 Å². The molecule has 3 rings (SSSR count). The Balaban J connectivity index is 1.45. The van der Waals surface area contributed by atoms with Crippen molar-refractivity contribution in [1.29, 1.82) is 0 Å². The predicted molar refractivity (Wildman–Crippen MR) is 80.2 cm³/mol. The molecule has 0 saturated heterocycles. The molecule has 1 aromatic heterocycles. The molecular formula is C16H25N3O3. The summed E-state index contributed by atoms with van der Waals surface area (Å²) in [5, 5.41) is 6.80. The highest BCUT2D eigenvalue weighted by Crippen LogP contribution is 2.38. The van der Waals surface area contributed by atoms with E-state index < -0.39 is 0 Å². The van der Waals surface area contributed by atoms with Gasteiger partial charge in [0.1, 0.15) is 6.10 Å². The molecule has 2 saturated carbocycles. The summed E-state index contributed by atoms with van der Waals surface area (Å²) in [6.45, 7) is 2.26. The second kappa shape index (κ2) is 7.22. The van der Waals surface area contributed by atoms with Gasteiger partial charge in [0.05, 0.1) is 12.6 Å². The molecular weight excluding hydrogens is 282 g/mol. The topological polar surface area (TPSA) is 77.2 Å². The fraction of sp³-hybridized carbons (Fsp3) is 0.812. The SMILES string of the molecule is CC[C@H](OC1CCCCC1)C(=O)NCc1nc(C2CC2)no1. The van der Waals surface area contributed by atoms with E-state index in [0.717, 1.165) is 31.5 Å². The number of ether oxygens (including phenoxy) is 1. The summed E-state index contributed by atoms with van der Waals surface area (Å²) >= 11 is 0. The molecule has 122 valence electrons. The zero-order valence-electron chi connectivity index (χ0n) is 13.2. The Morgan fingerprint density at radius 2 is 2.09 bits per heavy atom. The number of aromatic nitrogens is 2. The first-order valence-corrected chi connectivity index (χ1v) is 8.52. The van der Waals surface area contributed by atoms with Gasteiger partial charge in [-0.15, -0.1) is 0 Å². The first-order chi connectivity index (χ1) is 10.8. The van der Waals surface area contributed by atoms with Gasteiger partial charge in [-0.1, -0.05) is 31.3 Å². The standard InChI is InChI=1S/C16H25N3O3/c1-2-13(21-12-6-4-3-5-7-12)16(20)17-10-14-18-15(19-22-14)11-8-9-11/h11-13H,2-10H2,1H3,(H,17,20)/t13-/m0/s1. The summed E-state index contributed by atoms with van der Waals surface area (Å²) in [5.41, 5.74) is 0. The molecule has 0 spiro atoms. The Bertz CT molecular complexity index is 493. The van der Waals surface area contributed by atoms with Crippen molar-refractivity contribution in [3.05, 3.63) is 11.7 Å². The van der Waals surface area contributed by atoms with E-state index in [-0.39, 0.29) is 24.7 Å². The van der Waals surface area contributed by atoms with Crippen molar-refractivity contribution in [2.45, 2.75) is 83.0 Å². The molecule has 0 bridgehead atoms. The minimum absolute atomic E-state index is 0.0840. The molecule has 0 radical (unpaired) electrons. The fourth-order valence-corrected chi connectivity index (χ4v) is 2.90. The van der Waals surface area contributed by atoms with Crippen LogP contribution in [0, 0.1) is 0 Å². The second-order valence-corrected chi connectivity index (χ2v) is 6.33. The van der Waals surface area contributed by atoms with E-state index in [1.165, 1.54) is 19.3 Å². The number of nitrogens with one attached hydrogen (secondary N) is 1. The van der Waals surface area contributed by atoms with Crippen LogP contribution in [-0.2, 0) is 16.1 Å². The second-order valence-electron chi connectivity index (χ2n) is 6.33. The van der Waals surface area contributed by atoms with Crippen LogP contribution in [0.1, 0.15) is 75.9 Å². The number of rotatable bonds is 7. The van der Waals surface area contributed by atoms with E-state index in [1.807, 2.05) is 6.92 Å². The van der Waals surface area contributed by atoms with Gasteiger partial charge in [-0.05, 0) is 32.1 Å². The molecule has 1 heterocycles. The third-order valence-corrected chi connectivity index (χ3v) is 4.41. The minimum atomic E-state index is -0.381. The molecule has 0 unspecified atom stereocenters. The lowest BCUT2D eigenvalue weighted by atomic mass is 9.97. The fourth-order valence-electron chi connectivity index (χ4n) is 2.90. The summed E-state index contributed by atoms with van der Waals surface area (Å²) in [5.74, 6) is 1.63. The van der Waals surface area contributed by atoms with Crippen molar-refractivity contribution in [2.24, 2.45) is 0 Å². The molecule has 6 nitrogen and oxygen atoms in total. The van der Waals surface area contributed by atoms with Crippen LogP contribution in [0.2, 0.25) is 0 Å². The summed E-state index contributed by atoms with van der Waals surface area (Å²) in [6, 6.07) is 0. The van der Waals surface area contributed by atoms with Crippen LogP contribution in [-0.4, -0.2) is 28.3 Å². The average Bonchev–Trinajstić information content (AvgIpc) is 3.30. The highest BCUT2D eigenvalue weighted by molar-refractivity contribution is 5.80. The monoisotopic (exact) mass is 307 g/mol. The molecule has 1 aromatic rings. The molecule has 1 amide bonds. The number of carbonyl (C=O) groups excluding carboxylic acids is 1. The van der Waals surface area contributed by atoms with Crippen molar-refractivity contribution < 1.29 is 14.1 Å². The number of nitrogens with zero attached hydrogens (tertiary/aromatic N) is 2. The van der Waals surface area contributed by atoms with Crippen molar-refractivity contribution in [3.63, 3.8) is 0 Å². The predicted octanol–water partition coefficient (Wildman–Crippen LogP) is 2.69. The van der Waals surface area contributed by atoms with Crippen molar-refractivity contribution in [3.8, 4) is 0 Å². The van der Waals surface area contributed by atoms with Gasteiger partial charge in [-0.25, -0.2) is 0 Å². The first kappa shape index (κ1) is 15.5.